The average Bonchev–Trinajstić information content (AvgIpc) is 2.35. The summed E-state index contributed by atoms with van der Waals surface area (Å²) in [6.07, 6.45) is 2.65. The number of carbonyl (C=O) groups is 1. The van der Waals surface area contributed by atoms with E-state index in [1.807, 2.05) is 0 Å². The smallest absolute Gasteiger partial charge is 0.251 e. The van der Waals surface area contributed by atoms with Crippen molar-refractivity contribution in [2.45, 2.75) is 33.1 Å². The van der Waals surface area contributed by atoms with Crippen LogP contribution in [0.25, 0.3) is 0 Å². The molecule has 0 fully saturated rings. The number of halogens is 1. The molecule has 0 aliphatic rings. The van der Waals surface area contributed by atoms with Gasteiger partial charge in [0.05, 0.1) is 0 Å². The Kier molecular flexibility index (Phi) is 6.50. The molecule has 0 aliphatic carbocycles. The Bertz CT molecular complexity index is 394. The third-order valence-electron chi connectivity index (χ3n) is 3.09. The number of rotatable bonds is 7. The number of hydrogen-bond donors (Lipinski definition) is 2. The molecular weight excluding hydrogens is 245 g/mol. The first kappa shape index (κ1) is 15.6. The molecule has 3 nitrogen and oxygen atoms in total. The topological polar surface area (TPSA) is 49.3 Å². The number of aryl methyl sites for hydroxylation is 1. The molecule has 19 heavy (non-hydrogen) atoms. The van der Waals surface area contributed by atoms with Crippen LogP contribution in [0.5, 0.6) is 0 Å². The van der Waals surface area contributed by atoms with Crippen molar-refractivity contribution in [3.63, 3.8) is 0 Å². The van der Waals surface area contributed by atoms with Gasteiger partial charge < -0.3 is 10.4 Å². The minimum absolute atomic E-state index is 0.125. The lowest BCUT2D eigenvalue weighted by Gasteiger charge is -2.15. The molecule has 0 heterocycles. The Labute approximate surface area is 113 Å². The van der Waals surface area contributed by atoms with E-state index in [0.717, 1.165) is 18.4 Å². The number of aliphatic hydroxyl groups is 1. The van der Waals surface area contributed by atoms with Crippen LogP contribution in [0.15, 0.2) is 18.2 Å². The second-order valence-corrected chi connectivity index (χ2v) is 4.89. The largest absolute Gasteiger partial charge is 0.396 e. The van der Waals surface area contributed by atoms with Crippen molar-refractivity contribution in [3.05, 3.63) is 35.1 Å². The lowest BCUT2D eigenvalue weighted by atomic mass is 10.00. The van der Waals surface area contributed by atoms with E-state index in [1.165, 1.54) is 12.1 Å². The van der Waals surface area contributed by atoms with Crippen molar-refractivity contribution in [1.29, 1.82) is 0 Å². The van der Waals surface area contributed by atoms with Gasteiger partial charge in [-0.2, -0.15) is 0 Å². The van der Waals surface area contributed by atoms with Gasteiger partial charge in [-0.05, 0) is 49.4 Å². The second-order valence-electron chi connectivity index (χ2n) is 4.89. The molecule has 0 saturated heterocycles. The summed E-state index contributed by atoms with van der Waals surface area (Å²) in [5, 5.41) is 11.8. The van der Waals surface area contributed by atoms with Gasteiger partial charge in [0.1, 0.15) is 5.82 Å². The van der Waals surface area contributed by atoms with Gasteiger partial charge in [-0.3, -0.25) is 4.79 Å². The van der Waals surface area contributed by atoms with Crippen LogP contribution in [0.2, 0.25) is 0 Å². The van der Waals surface area contributed by atoms with Crippen molar-refractivity contribution >= 4 is 5.91 Å². The van der Waals surface area contributed by atoms with Crippen molar-refractivity contribution in [3.8, 4) is 0 Å². The molecule has 0 aromatic heterocycles. The summed E-state index contributed by atoms with van der Waals surface area (Å²) in [5.41, 5.74) is 1.07. The molecule has 1 atom stereocenters. The van der Waals surface area contributed by atoms with Gasteiger partial charge in [-0.25, -0.2) is 4.39 Å². The van der Waals surface area contributed by atoms with E-state index < -0.39 is 5.82 Å². The molecular formula is C15H22FNO2. The molecule has 0 radical (unpaired) electrons. The summed E-state index contributed by atoms with van der Waals surface area (Å²) in [6, 6.07) is 4.30. The molecule has 0 aliphatic heterocycles. The molecule has 1 aromatic rings. The van der Waals surface area contributed by atoms with E-state index in [2.05, 4.69) is 12.2 Å². The Morgan fingerprint density at radius 1 is 1.37 bits per heavy atom. The van der Waals surface area contributed by atoms with E-state index in [-0.39, 0.29) is 18.4 Å². The second kappa shape index (κ2) is 7.89. The van der Waals surface area contributed by atoms with E-state index >= 15 is 0 Å². The van der Waals surface area contributed by atoms with Crippen LogP contribution < -0.4 is 5.32 Å². The zero-order chi connectivity index (χ0) is 14.3. The standard InChI is InChI=1S/C15H22FNO2/c1-3-4-12(5-6-18)10-17-15(19)13-7-11(2)8-14(16)9-13/h7-9,12,18H,3-6,10H2,1-2H3,(H,17,19). The van der Waals surface area contributed by atoms with Gasteiger partial charge in [0, 0.05) is 18.7 Å². The first-order valence-electron chi connectivity index (χ1n) is 6.73. The summed E-state index contributed by atoms with van der Waals surface area (Å²) in [4.78, 5) is 11.9. The minimum Gasteiger partial charge on any atom is -0.396 e. The van der Waals surface area contributed by atoms with Crippen LogP contribution in [-0.4, -0.2) is 24.2 Å². The van der Waals surface area contributed by atoms with E-state index in [9.17, 15) is 9.18 Å². The van der Waals surface area contributed by atoms with Crippen molar-refractivity contribution in [2.75, 3.05) is 13.2 Å². The molecule has 106 valence electrons. The van der Waals surface area contributed by atoms with Crippen molar-refractivity contribution in [1.82, 2.24) is 5.32 Å². The summed E-state index contributed by atoms with van der Waals surface area (Å²) in [5.74, 6) is -0.388. The maximum atomic E-state index is 13.2. The molecule has 1 amide bonds. The van der Waals surface area contributed by atoms with E-state index in [1.54, 1.807) is 13.0 Å². The Hall–Kier alpha value is -1.42. The molecule has 0 saturated carbocycles. The fourth-order valence-electron chi connectivity index (χ4n) is 2.15. The van der Waals surface area contributed by atoms with Gasteiger partial charge >= 0.3 is 0 Å². The van der Waals surface area contributed by atoms with Gasteiger partial charge in [0.15, 0.2) is 0 Å². The summed E-state index contributed by atoms with van der Waals surface area (Å²) in [6.45, 7) is 4.47. The number of aliphatic hydroxyl groups excluding tert-OH is 1. The lowest BCUT2D eigenvalue weighted by Crippen LogP contribution is -2.29. The fourth-order valence-corrected chi connectivity index (χ4v) is 2.15. The quantitative estimate of drug-likeness (QED) is 0.798. The van der Waals surface area contributed by atoms with E-state index in [4.69, 9.17) is 5.11 Å². The zero-order valence-electron chi connectivity index (χ0n) is 11.6. The van der Waals surface area contributed by atoms with Crippen molar-refractivity contribution in [2.24, 2.45) is 5.92 Å². The number of carbonyl (C=O) groups excluding carboxylic acids is 1. The highest BCUT2D eigenvalue weighted by Crippen LogP contribution is 2.11. The van der Waals surface area contributed by atoms with Gasteiger partial charge in [0.2, 0.25) is 0 Å². The highest BCUT2D eigenvalue weighted by molar-refractivity contribution is 5.94. The van der Waals surface area contributed by atoms with Crippen molar-refractivity contribution < 1.29 is 14.3 Å². The van der Waals surface area contributed by atoms with Gasteiger partial charge in [-0.1, -0.05) is 13.3 Å². The van der Waals surface area contributed by atoms with Crippen LogP contribution >= 0.6 is 0 Å². The third kappa shape index (κ3) is 5.39. The average molecular weight is 267 g/mol. The molecule has 1 rings (SSSR count). The highest BCUT2D eigenvalue weighted by atomic mass is 19.1. The predicted octanol–water partition coefficient (Wildman–Crippen LogP) is 2.66. The monoisotopic (exact) mass is 267 g/mol. The molecule has 4 heteroatoms. The van der Waals surface area contributed by atoms with Crippen LogP contribution in [0, 0.1) is 18.7 Å². The van der Waals surface area contributed by atoms with Crippen LogP contribution in [0.1, 0.15) is 42.1 Å². The van der Waals surface area contributed by atoms with Gasteiger partial charge in [0.25, 0.3) is 5.91 Å². The normalized spacial score (nSPS) is 12.2. The summed E-state index contributed by atoms with van der Waals surface area (Å²) < 4.78 is 13.2. The summed E-state index contributed by atoms with van der Waals surface area (Å²) >= 11 is 0. The first-order valence-corrected chi connectivity index (χ1v) is 6.73. The van der Waals surface area contributed by atoms with Crippen LogP contribution in [-0.2, 0) is 0 Å². The number of nitrogens with one attached hydrogen (secondary N) is 1. The number of amides is 1. The molecule has 2 N–H and O–H groups in total. The maximum Gasteiger partial charge on any atom is 0.251 e. The first-order chi connectivity index (χ1) is 9.06. The summed E-state index contributed by atoms with van der Waals surface area (Å²) in [7, 11) is 0. The Morgan fingerprint density at radius 3 is 2.68 bits per heavy atom. The SMILES string of the molecule is CCCC(CCO)CNC(=O)c1cc(C)cc(F)c1. The highest BCUT2D eigenvalue weighted by Gasteiger charge is 2.11. The Balaban J connectivity index is 2.58. The Morgan fingerprint density at radius 2 is 2.11 bits per heavy atom. The lowest BCUT2D eigenvalue weighted by molar-refractivity contribution is 0.0942. The van der Waals surface area contributed by atoms with Crippen LogP contribution in [0.3, 0.4) is 0 Å². The fraction of sp³-hybridized carbons (Fsp3) is 0.533. The van der Waals surface area contributed by atoms with Crippen LogP contribution in [0.4, 0.5) is 4.39 Å². The number of hydrogen-bond acceptors (Lipinski definition) is 2. The molecule has 1 aromatic carbocycles. The minimum atomic E-state index is -0.398. The molecule has 0 spiro atoms. The zero-order valence-corrected chi connectivity index (χ0v) is 11.6. The van der Waals surface area contributed by atoms with E-state index in [0.29, 0.717) is 18.5 Å². The van der Waals surface area contributed by atoms with Gasteiger partial charge in [-0.15, -0.1) is 0 Å². The molecule has 0 bridgehead atoms. The maximum absolute atomic E-state index is 13.2. The molecule has 1 unspecified atom stereocenters. The number of benzene rings is 1. The third-order valence-corrected chi connectivity index (χ3v) is 3.09. The predicted molar refractivity (Wildman–Crippen MR) is 73.6 cm³/mol.